The van der Waals surface area contributed by atoms with Crippen molar-refractivity contribution in [3.8, 4) is 5.75 Å². The van der Waals surface area contributed by atoms with Crippen LogP contribution >= 0.6 is 23.4 Å². The summed E-state index contributed by atoms with van der Waals surface area (Å²) < 4.78 is 20.0. The minimum Gasteiger partial charge on any atom is -0.492 e. The number of carbonyl (C=O) groups excluding carboxylic acids is 3. The summed E-state index contributed by atoms with van der Waals surface area (Å²) in [6.07, 6.45) is 1.19. The van der Waals surface area contributed by atoms with E-state index < -0.39 is 17.6 Å². The SMILES string of the molecule is CCOc1ccccc1NC(=O)CSc1ccc(NC(=O)/C(=C/c2c(F)cccc2Cl)NC(=O)c2ccccc2)cc1. The molecule has 0 atom stereocenters. The first kappa shape index (κ1) is 30.4. The molecule has 7 nitrogen and oxygen atoms in total. The predicted molar refractivity (Wildman–Crippen MR) is 165 cm³/mol. The number of hydrogen-bond donors (Lipinski definition) is 3. The highest BCUT2D eigenvalue weighted by molar-refractivity contribution is 8.00. The van der Waals surface area contributed by atoms with Crippen LogP contribution in [-0.4, -0.2) is 30.1 Å². The van der Waals surface area contributed by atoms with Gasteiger partial charge in [0.15, 0.2) is 0 Å². The lowest BCUT2D eigenvalue weighted by molar-refractivity contribution is -0.114. The highest BCUT2D eigenvalue weighted by Crippen LogP contribution is 2.26. The molecule has 10 heteroatoms. The van der Waals surface area contributed by atoms with Crippen LogP contribution in [0.5, 0.6) is 5.75 Å². The van der Waals surface area contributed by atoms with Crippen LogP contribution in [0.15, 0.2) is 108 Å². The first-order valence-corrected chi connectivity index (χ1v) is 14.3. The normalized spacial score (nSPS) is 11.0. The van der Waals surface area contributed by atoms with Crippen molar-refractivity contribution in [3.63, 3.8) is 0 Å². The molecule has 4 rings (SSSR count). The van der Waals surface area contributed by atoms with E-state index in [9.17, 15) is 18.8 Å². The zero-order valence-corrected chi connectivity index (χ0v) is 24.1. The van der Waals surface area contributed by atoms with Gasteiger partial charge < -0.3 is 20.7 Å². The van der Waals surface area contributed by atoms with Crippen LogP contribution in [0.3, 0.4) is 0 Å². The molecular weight excluding hydrogens is 577 g/mol. The number of halogens is 2. The van der Waals surface area contributed by atoms with Gasteiger partial charge in [0.05, 0.1) is 23.1 Å². The highest BCUT2D eigenvalue weighted by Gasteiger charge is 2.17. The number of hydrogen-bond acceptors (Lipinski definition) is 5. The van der Waals surface area contributed by atoms with Gasteiger partial charge in [-0.15, -0.1) is 11.8 Å². The standard InChI is InChI=1S/C32H27ClFN3O4S/c1-2-41-29-14-7-6-13-27(29)36-30(38)20-42-23-17-15-22(16-18-23)35-32(40)28(19-24-25(33)11-8-12-26(24)34)37-31(39)21-9-4-3-5-10-21/h3-19H,2,20H2,1H3,(H,35,40)(H,36,38)(H,37,39)/b28-19-. The van der Waals surface area contributed by atoms with Gasteiger partial charge in [0.25, 0.3) is 11.8 Å². The van der Waals surface area contributed by atoms with Crippen LogP contribution in [0.1, 0.15) is 22.8 Å². The predicted octanol–water partition coefficient (Wildman–Crippen LogP) is 7.02. The summed E-state index contributed by atoms with van der Waals surface area (Å²) in [4.78, 5) is 39.3. The van der Waals surface area contributed by atoms with Crippen molar-refractivity contribution in [2.24, 2.45) is 0 Å². The van der Waals surface area contributed by atoms with Crippen molar-refractivity contribution in [2.45, 2.75) is 11.8 Å². The van der Waals surface area contributed by atoms with E-state index >= 15 is 0 Å². The Morgan fingerprint density at radius 2 is 1.60 bits per heavy atom. The molecule has 0 radical (unpaired) electrons. The number of para-hydroxylation sites is 2. The van der Waals surface area contributed by atoms with Crippen molar-refractivity contribution >= 4 is 58.5 Å². The fourth-order valence-corrected chi connectivity index (χ4v) is 4.67. The Balaban J connectivity index is 1.42. The van der Waals surface area contributed by atoms with Gasteiger partial charge in [0.1, 0.15) is 17.3 Å². The number of nitrogens with one attached hydrogen (secondary N) is 3. The molecule has 0 fully saturated rings. The Morgan fingerprint density at radius 1 is 0.881 bits per heavy atom. The molecule has 0 aliphatic carbocycles. The molecule has 42 heavy (non-hydrogen) atoms. The average molecular weight is 604 g/mol. The molecule has 0 bridgehead atoms. The molecule has 0 saturated heterocycles. The molecule has 0 aromatic heterocycles. The van der Waals surface area contributed by atoms with E-state index in [4.69, 9.17) is 16.3 Å². The second-order valence-corrected chi connectivity index (χ2v) is 10.2. The van der Waals surface area contributed by atoms with Gasteiger partial charge in [0, 0.05) is 21.7 Å². The maximum Gasteiger partial charge on any atom is 0.272 e. The average Bonchev–Trinajstić information content (AvgIpc) is 2.99. The van der Waals surface area contributed by atoms with E-state index in [-0.39, 0.29) is 27.9 Å². The second kappa shape index (κ2) is 14.9. The third kappa shape index (κ3) is 8.45. The largest absolute Gasteiger partial charge is 0.492 e. The number of thioether (sulfide) groups is 1. The van der Waals surface area contributed by atoms with Crippen LogP contribution in [-0.2, 0) is 9.59 Å². The quantitative estimate of drug-likeness (QED) is 0.126. The Hall–Kier alpha value is -4.60. The zero-order valence-electron chi connectivity index (χ0n) is 22.5. The van der Waals surface area contributed by atoms with Crippen LogP contribution in [0.4, 0.5) is 15.8 Å². The molecule has 4 aromatic carbocycles. The molecule has 0 unspecified atom stereocenters. The zero-order chi connectivity index (χ0) is 29.9. The maximum absolute atomic E-state index is 14.5. The molecular formula is C32H27ClFN3O4S. The Kier molecular flexibility index (Phi) is 10.7. The van der Waals surface area contributed by atoms with Gasteiger partial charge in [-0.25, -0.2) is 4.39 Å². The van der Waals surface area contributed by atoms with Crippen LogP contribution in [0.2, 0.25) is 5.02 Å². The summed E-state index contributed by atoms with van der Waals surface area (Å²) in [7, 11) is 0. The summed E-state index contributed by atoms with van der Waals surface area (Å²) in [6, 6.07) is 26.5. The number of amides is 3. The van der Waals surface area contributed by atoms with E-state index in [1.54, 1.807) is 66.7 Å². The molecule has 0 aliphatic heterocycles. The maximum atomic E-state index is 14.5. The van der Waals surface area contributed by atoms with Crippen molar-refractivity contribution in [3.05, 3.63) is 125 Å². The van der Waals surface area contributed by atoms with Crippen LogP contribution in [0.25, 0.3) is 6.08 Å². The summed E-state index contributed by atoms with van der Waals surface area (Å²) in [5, 5.41) is 8.21. The van der Waals surface area contributed by atoms with Gasteiger partial charge >= 0.3 is 0 Å². The smallest absolute Gasteiger partial charge is 0.272 e. The molecule has 0 spiro atoms. The first-order chi connectivity index (χ1) is 20.3. The van der Waals surface area contributed by atoms with E-state index in [0.717, 1.165) is 4.90 Å². The number of carbonyl (C=O) groups is 3. The summed E-state index contributed by atoms with van der Waals surface area (Å²) >= 11 is 7.48. The lowest BCUT2D eigenvalue weighted by atomic mass is 10.1. The van der Waals surface area contributed by atoms with E-state index in [0.29, 0.717) is 29.3 Å². The first-order valence-electron chi connectivity index (χ1n) is 12.9. The third-order valence-electron chi connectivity index (χ3n) is 5.76. The fourth-order valence-electron chi connectivity index (χ4n) is 3.75. The highest BCUT2D eigenvalue weighted by atomic mass is 35.5. The number of rotatable bonds is 11. The number of benzene rings is 4. The molecule has 0 aliphatic rings. The fraction of sp³-hybridized carbons (Fsp3) is 0.0938. The van der Waals surface area contributed by atoms with Gasteiger partial charge in [-0.3, -0.25) is 14.4 Å². The van der Waals surface area contributed by atoms with Crippen LogP contribution in [0, 0.1) is 5.82 Å². The van der Waals surface area contributed by atoms with Crippen molar-refractivity contribution < 1.29 is 23.5 Å². The molecule has 214 valence electrons. The molecule has 0 saturated carbocycles. The Bertz CT molecular complexity index is 1580. The third-order valence-corrected chi connectivity index (χ3v) is 7.10. The lowest BCUT2D eigenvalue weighted by Crippen LogP contribution is -2.30. The van der Waals surface area contributed by atoms with Gasteiger partial charge in [0.2, 0.25) is 5.91 Å². The monoisotopic (exact) mass is 603 g/mol. The van der Waals surface area contributed by atoms with Crippen molar-refractivity contribution in [1.82, 2.24) is 5.32 Å². The topological polar surface area (TPSA) is 96.5 Å². The number of ether oxygens (including phenoxy) is 1. The molecule has 4 aromatic rings. The van der Waals surface area contributed by atoms with Gasteiger partial charge in [-0.1, -0.05) is 48.0 Å². The van der Waals surface area contributed by atoms with Crippen LogP contribution < -0.4 is 20.7 Å². The van der Waals surface area contributed by atoms with E-state index in [1.807, 2.05) is 19.1 Å². The lowest BCUT2D eigenvalue weighted by Gasteiger charge is -2.13. The Morgan fingerprint density at radius 3 is 2.31 bits per heavy atom. The van der Waals surface area contributed by atoms with Gasteiger partial charge in [-0.05, 0) is 73.7 Å². The van der Waals surface area contributed by atoms with Crippen molar-refractivity contribution in [2.75, 3.05) is 23.0 Å². The van der Waals surface area contributed by atoms with E-state index in [2.05, 4.69) is 16.0 Å². The van der Waals surface area contributed by atoms with Gasteiger partial charge in [-0.2, -0.15) is 0 Å². The minimum atomic E-state index is -0.675. The molecule has 0 heterocycles. The number of anilines is 2. The molecule has 3 amide bonds. The van der Waals surface area contributed by atoms with E-state index in [1.165, 1.54) is 36.0 Å². The molecule has 3 N–H and O–H groups in total. The summed E-state index contributed by atoms with van der Waals surface area (Å²) in [6.45, 7) is 2.36. The second-order valence-electron chi connectivity index (χ2n) is 8.76. The minimum absolute atomic E-state index is 0.0356. The van der Waals surface area contributed by atoms with Crippen molar-refractivity contribution in [1.29, 1.82) is 0 Å². The Labute approximate surface area is 252 Å². The summed E-state index contributed by atoms with van der Waals surface area (Å²) in [5.41, 5.74) is 1.12. The summed E-state index contributed by atoms with van der Waals surface area (Å²) in [5.74, 6) is -1.30.